The summed E-state index contributed by atoms with van der Waals surface area (Å²) in [6.07, 6.45) is 5.31. The molecule has 7 aliphatic carbocycles. The van der Waals surface area contributed by atoms with Gasteiger partial charge in [0.1, 0.15) is 0 Å². The van der Waals surface area contributed by atoms with Gasteiger partial charge in [-0.3, -0.25) is 0 Å². The summed E-state index contributed by atoms with van der Waals surface area (Å²) in [4.78, 5) is 0.593. The number of rotatable bonds is 2. The zero-order chi connectivity index (χ0) is 13.8. The Labute approximate surface area is 124 Å². The number of benzene rings is 1. The van der Waals surface area contributed by atoms with Gasteiger partial charge in [0.2, 0.25) is 0 Å². The molecule has 0 N–H and O–H groups in total. The fourth-order valence-corrected chi connectivity index (χ4v) is 12.4. The first-order valence-electron chi connectivity index (χ1n) is 8.46. The molecule has 1 aromatic rings. The van der Waals surface area contributed by atoms with Crippen molar-refractivity contribution in [1.82, 2.24) is 0 Å². The predicted molar refractivity (Wildman–Crippen MR) is 77.1 cm³/mol. The number of fused-ring (bicyclic) bond motifs is 2. The Kier molecular flexibility index (Phi) is 1.30. The predicted octanol–water partition coefficient (Wildman–Crippen LogP) is 2.89. The van der Waals surface area contributed by atoms with Crippen molar-refractivity contribution in [2.24, 2.45) is 40.4 Å². The molecule has 0 aromatic heterocycles. The molecule has 3 heteroatoms. The van der Waals surface area contributed by atoms with Gasteiger partial charge in [0.15, 0.2) is 9.84 Å². The van der Waals surface area contributed by atoms with E-state index in [1.54, 1.807) is 0 Å². The molecule has 2 spiro atoms. The van der Waals surface area contributed by atoms with Crippen LogP contribution in [0.15, 0.2) is 35.2 Å². The topological polar surface area (TPSA) is 34.1 Å². The van der Waals surface area contributed by atoms with E-state index >= 15 is 0 Å². The van der Waals surface area contributed by atoms with Crippen molar-refractivity contribution in [3.63, 3.8) is 0 Å². The standard InChI is InChI=1S/C18H18O2S/c19-21(20,12-4-2-1-3-5-12)18-14-9-13-15(18)16(13)10-6-7-11(8-10)17(14,16)18/h1-5,10-11,13-15H,6-9H2/t10-,11-,13+,14-,15+,16+,17+,18-/m0/s1. The Morgan fingerprint density at radius 2 is 1.76 bits per heavy atom. The largest absolute Gasteiger partial charge is 0.223 e. The average molecular weight is 298 g/mol. The van der Waals surface area contributed by atoms with Crippen LogP contribution < -0.4 is 0 Å². The zero-order valence-corrected chi connectivity index (χ0v) is 12.6. The molecule has 0 unspecified atom stereocenters. The zero-order valence-electron chi connectivity index (χ0n) is 11.8. The maximum Gasteiger partial charge on any atom is 0.185 e. The normalized spacial score (nSPS) is 63.0. The van der Waals surface area contributed by atoms with Crippen LogP contribution in [-0.2, 0) is 9.84 Å². The fourth-order valence-electron chi connectivity index (χ4n) is 9.31. The molecule has 0 heterocycles. The summed E-state index contributed by atoms with van der Waals surface area (Å²) in [5.41, 5.74) is 0.787. The highest BCUT2D eigenvalue weighted by Gasteiger charge is 3.17. The van der Waals surface area contributed by atoms with E-state index in [0.29, 0.717) is 22.1 Å². The van der Waals surface area contributed by atoms with Crippen LogP contribution in [0.5, 0.6) is 0 Å². The summed E-state index contributed by atoms with van der Waals surface area (Å²) < 4.78 is 26.6. The summed E-state index contributed by atoms with van der Waals surface area (Å²) in [6.45, 7) is 0. The van der Waals surface area contributed by atoms with Gasteiger partial charge in [0, 0.05) is 5.41 Å². The molecule has 0 amide bonds. The Hall–Kier alpha value is -0.830. The molecule has 7 saturated carbocycles. The van der Waals surface area contributed by atoms with Crippen LogP contribution in [0.4, 0.5) is 0 Å². The van der Waals surface area contributed by atoms with Gasteiger partial charge in [-0.25, -0.2) is 8.42 Å². The van der Waals surface area contributed by atoms with E-state index in [1.807, 2.05) is 30.3 Å². The lowest BCUT2D eigenvalue weighted by atomic mass is 9.63. The summed E-state index contributed by atoms with van der Waals surface area (Å²) in [5, 5.41) is 0. The molecule has 0 radical (unpaired) electrons. The first-order valence-corrected chi connectivity index (χ1v) is 9.94. The smallest absolute Gasteiger partial charge is 0.185 e. The maximum atomic E-state index is 13.5. The molecule has 108 valence electrons. The monoisotopic (exact) mass is 298 g/mol. The van der Waals surface area contributed by atoms with Gasteiger partial charge in [-0.15, -0.1) is 0 Å². The van der Waals surface area contributed by atoms with Crippen molar-refractivity contribution in [2.75, 3.05) is 0 Å². The highest BCUT2D eigenvalue weighted by Crippen LogP contribution is 3.14. The van der Waals surface area contributed by atoms with Gasteiger partial charge in [-0.1, -0.05) is 18.2 Å². The molecule has 8 atom stereocenters. The van der Waals surface area contributed by atoms with E-state index in [9.17, 15) is 8.42 Å². The highest BCUT2D eigenvalue weighted by molar-refractivity contribution is 7.93. The van der Waals surface area contributed by atoms with Crippen LogP contribution in [0.2, 0.25) is 0 Å². The van der Waals surface area contributed by atoms with Gasteiger partial charge in [-0.2, -0.15) is 0 Å². The lowest BCUT2D eigenvalue weighted by Crippen LogP contribution is -2.51. The summed E-state index contributed by atoms with van der Waals surface area (Å²) in [5.74, 6) is 3.51. The Morgan fingerprint density at radius 3 is 2.57 bits per heavy atom. The maximum absolute atomic E-state index is 13.5. The molecule has 7 aliphatic rings. The third-order valence-corrected chi connectivity index (χ3v) is 11.6. The SMILES string of the molecule is O=S(=O)(c1ccccc1)[C@]12[C@@H]3[C@H]4C[C@H]1[C@@]21[C@H]2CC[C@@H](C2)[C@@]431. The third kappa shape index (κ3) is 0.624. The third-order valence-electron chi connectivity index (χ3n) is 8.97. The minimum absolute atomic E-state index is 0.257. The second kappa shape index (κ2) is 2.51. The van der Waals surface area contributed by atoms with Crippen molar-refractivity contribution in [3.8, 4) is 0 Å². The summed E-state index contributed by atoms with van der Waals surface area (Å²) in [7, 11) is -3.13. The van der Waals surface area contributed by atoms with E-state index in [2.05, 4.69) is 0 Å². The number of sulfone groups is 1. The van der Waals surface area contributed by atoms with Crippen molar-refractivity contribution in [2.45, 2.75) is 35.3 Å². The lowest BCUT2D eigenvalue weighted by Gasteiger charge is -2.45. The van der Waals surface area contributed by atoms with Crippen LogP contribution in [0.25, 0.3) is 0 Å². The minimum atomic E-state index is -3.13. The van der Waals surface area contributed by atoms with Gasteiger partial charge >= 0.3 is 0 Å². The van der Waals surface area contributed by atoms with Crippen molar-refractivity contribution >= 4 is 9.84 Å². The Morgan fingerprint density at radius 1 is 1.00 bits per heavy atom. The molecule has 4 bridgehead atoms. The summed E-state index contributed by atoms with van der Waals surface area (Å²) >= 11 is 0. The van der Waals surface area contributed by atoms with Crippen LogP contribution >= 0.6 is 0 Å². The molecule has 8 rings (SSSR count). The van der Waals surface area contributed by atoms with Crippen molar-refractivity contribution < 1.29 is 8.42 Å². The molecule has 1 aromatic carbocycles. The summed E-state index contributed by atoms with van der Waals surface area (Å²) in [6, 6.07) is 9.32. The van der Waals surface area contributed by atoms with E-state index < -0.39 is 9.84 Å². The molecule has 7 fully saturated rings. The fraction of sp³-hybridized carbons (Fsp3) is 0.667. The first-order chi connectivity index (χ1) is 10.2. The Balaban J connectivity index is 1.49. The molecular formula is C18H18O2S. The number of hydrogen-bond acceptors (Lipinski definition) is 2. The quantitative estimate of drug-likeness (QED) is 0.841. The van der Waals surface area contributed by atoms with Crippen LogP contribution in [0.3, 0.4) is 0 Å². The van der Waals surface area contributed by atoms with Gasteiger partial charge < -0.3 is 0 Å². The van der Waals surface area contributed by atoms with Crippen LogP contribution in [-0.4, -0.2) is 13.2 Å². The van der Waals surface area contributed by atoms with Crippen LogP contribution in [0, 0.1) is 40.4 Å². The van der Waals surface area contributed by atoms with E-state index in [0.717, 1.165) is 17.8 Å². The molecule has 0 saturated heterocycles. The molecule has 21 heavy (non-hydrogen) atoms. The molecule has 0 aliphatic heterocycles. The lowest BCUT2D eigenvalue weighted by molar-refractivity contribution is 0.0740. The minimum Gasteiger partial charge on any atom is -0.223 e. The van der Waals surface area contributed by atoms with E-state index in [4.69, 9.17) is 0 Å². The first kappa shape index (κ1) is 10.8. The Bertz CT molecular complexity index is 826. The van der Waals surface area contributed by atoms with Crippen molar-refractivity contribution in [1.29, 1.82) is 0 Å². The highest BCUT2D eigenvalue weighted by atomic mass is 32.2. The van der Waals surface area contributed by atoms with Gasteiger partial charge in [-0.05, 0) is 72.8 Å². The average Bonchev–Trinajstić information content (AvgIpc) is 2.96. The molecule has 2 nitrogen and oxygen atoms in total. The van der Waals surface area contributed by atoms with E-state index in [-0.39, 0.29) is 10.2 Å². The van der Waals surface area contributed by atoms with Gasteiger partial charge in [0.25, 0.3) is 0 Å². The van der Waals surface area contributed by atoms with E-state index in [1.165, 1.54) is 25.7 Å². The number of hydrogen-bond donors (Lipinski definition) is 0. The van der Waals surface area contributed by atoms with Crippen LogP contribution in [0.1, 0.15) is 25.7 Å². The molecular weight excluding hydrogens is 280 g/mol. The second-order valence-corrected chi connectivity index (χ2v) is 10.6. The van der Waals surface area contributed by atoms with Gasteiger partial charge in [0.05, 0.1) is 9.64 Å². The van der Waals surface area contributed by atoms with Crippen molar-refractivity contribution in [3.05, 3.63) is 30.3 Å². The second-order valence-electron chi connectivity index (χ2n) is 8.49.